The molecular weight excluding hydrogens is 450 g/mol. The lowest BCUT2D eigenvalue weighted by Gasteiger charge is -2.15. The van der Waals surface area contributed by atoms with Crippen molar-refractivity contribution in [2.45, 2.75) is 13.3 Å². The fourth-order valence-corrected chi connectivity index (χ4v) is 2.66. The highest BCUT2D eigenvalue weighted by Crippen LogP contribution is 2.37. The van der Waals surface area contributed by atoms with E-state index >= 15 is 0 Å². The van der Waals surface area contributed by atoms with Gasteiger partial charge in [0.1, 0.15) is 17.0 Å². The second-order valence-electron chi connectivity index (χ2n) is 6.40. The van der Waals surface area contributed by atoms with Crippen molar-refractivity contribution in [3.8, 4) is 23.0 Å². The van der Waals surface area contributed by atoms with Crippen molar-refractivity contribution >= 4 is 17.4 Å². The Morgan fingerprint density at radius 1 is 1.03 bits per heavy atom. The lowest BCUT2D eigenvalue weighted by Crippen LogP contribution is -2.17. The number of carbonyl (C=O) groups is 2. The molecule has 0 fully saturated rings. The summed E-state index contributed by atoms with van der Waals surface area (Å²) in [7, 11) is 1.17. The number of Topliss-reactive ketones (excluding diaryl/α,β-unsaturated/α-hetero) is 1. The minimum absolute atomic E-state index is 0.0883. The fourth-order valence-electron chi connectivity index (χ4n) is 2.66. The Balaban J connectivity index is 1.90. The zero-order chi connectivity index (χ0) is 24.2. The van der Waals surface area contributed by atoms with Crippen LogP contribution in [-0.2, 0) is 0 Å². The van der Waals surface area contributed by atoms with E-state index in [-0.39, 0.29) is 34.4 Å². The molecular formula is C21H15F4N3O5. The molecule has 33 heavy (non-hydrogen) atoms. The molecule has 12 heteroatoms. The molecule has 8 nitrogen and oxygen atoms in total. The average Bonchev–Trinajstić information content (AvgIpc) is 2.74. The van der Waals surface area contributed by atoms with Crippen LogP contribution < -0.4 is 19.5 Å². The number of hydrogen-bond acceptors (Lipinski definition) is 7. The molecule has 2 heterocycles. The van der Waals surface area contributed by atoms with Crippen LogP contribution in [0.2, 0.25) is 0 Å². The molecule has 3 rings (SSSR count). The first kappa shape index (κ1) is 23.4. The van der Waals surface area contributed by atoms with Crippen LogP contribution in [0.3, 0.4) is 0 Å². The minimum atomic E-state index is -4.92. The fraction of sp³-hybridized carbons (Fsp3) is 0.143. The number of pyridine rings is 2. The lowest BCUT2D eigenvalue weighted by molar-refractivity contribution is -0.274. The van der Waals surface area contributed by atoms with E-state index in [0.29, 0.717) is 0 Å². The lowest BCUT2D eigenvalue weighted by atomic mass is 10.2. The predicted molar refractivity (Wildman–Crippen MR) is 106 cm³/mol. The number of nitrogens with one attached hydrogen (secondary N) is 1. The Bertz CT molecular complexity index is 1200. The third kappa shape index (κ3) is 5.93. The van der Waals surface area contributed by atoms with E-state index in [1.807, 2.05) is 0 Å². The van der Waals surface area contributed by atoms with Gasteiger partial charge in [-0.15, -0.1) is 13.2 Å². The highest BCUT2D eigenvalue weighted by atomic mass is 19.4. The van der Waals surface area contributed by atoms with Crippen LogP contribution in [0.25, 0.3) is 0 Å². The number of ether oxygens (including phenoxy) is 3. The maximum absolute atomic E-state index is 14.5. The van der Waals surface area contributed by atoms with Crippen molar-refractivity contribution in [1.82, 2.24) is 9.97 Å². The van der Waals surface area contributed by atoms with Crippen molar-refractivity contribution in [3.63, 3.8) is 0 Å². The third-order valence-corrected chi connectivity index (χ3v) is 4.06. The van der Waals surface area contributed by atoms with Gasteiger partial charge in [-0.1, -0.05) is 0 Å². The van der Waals surface area contributed by atoms with E-state index in [0.717, 1.165) is 30.6 Å². The maximum atomic E-state index is 14.5. The SMILES string of the molecule is COc1cc(OC(F)(F)F)ccc1Oc1cncc(F)c1C(=O)Nc1ccnc(C(C)=O)c1. The van der Waals surface area contributed by atoms with E-state index in [2.05, 4.69) is 20.0 Å². The predicted octanol–water partition coefficient (Wildman–Crippen LogP) is 4.77. The highest BCUT2D eigenvalue weighted by molar-refractivity contribution is 6.06. The van der Waals surface area contributed by atoms with Crippen molar-refractivity contribution in [3.05, 3.63) is 66.0 Å². The number of hydrogen-bond donors (Lipinski definition) is 1. The Hall–Kier alpha value is -4.22. The Morgan fingerprint density at radius 2 is 1.79 bits per heavy atom. The van der Waals surface area contributed by atoms with E-state index in [1.165, 1.54) is 32.4 Å². The number of alkyl halides is 3. The molecule has 0 radical (unpaired) electrons. The Morgan fingerprint density at radius 3 is 2.45 bits per heavy atom. The zero-order valence-corrected chi connectivity index (χ0v) is 17.1. The van der Waals surface area contributed by atoms with Crippen LogP contribution in [0.1, 0.15) is 27.8 Å². The molecule has 0 atom stereocenters. The molecule has 0 unspecified atom stereocenters. The van der Waals surface area contributed by atoms with Crippen molar-refractivity contribution in [2.75, 3.05) is 12.4 Å². The first-order chi connectivity index (χ1) is 15.6. The molecule has 1 aromatic carbocycles. The van der Waals surface area contributed by atoms with Crippen LogP contribution in [-0.4, -0.2) is 35.1 Å². The van der Waals surface area contributed by atoms with Gasteiger partial charge in [0.25, 0.3) is 5.91 Å². The number of methoxy groups -OCH3 is 1. The van der Waals surface area contributed by atoms with Gasteiger partial charge in [-0.05, 0) is 24.3 Å². The monoisotopic (exact) mass is 465 g/mol. The number of benzene rings is 1. The largest absolute Gasteiger partial charge is 0.573 e. The average molecular weight is 465 g/mol. The number of halogens is 4. The summed E-state index contributed by atoms with van der Waals surface area (Å²) in [6, 6.07) is 5.66. The number of aromatic nitrogens is 2. The van der Waals surface area contributed by atoms with E-state index in [9.17, 15) is 27.2 Å². The van der Waals surface area contributed by atoms with Crippen LogP contribution in [0.5, 0.6) is 23.0 Å². The molecule has 0 spiro atoms. The molecule has 0 saturated heterocycles. The van der Waals surface area contributed by atoms with Gasteiger partial charge in [0.15, 0.2) is 28.8 Å². The third-order valence-electron chi connectivity index (χ3n) is 4.06. The van der Waals surface area contributed by atoms with Gasteiger partial charge < -0.3 is 19.5 Å². The number of nitrogens with zero attached hydrogens (tertiary/aromatic N) is 2. The molecule has 2 aromatic heterocycles. The second kappa shape index (κ2) is 9.51. The molecule has 0 aliphatic carbocycles. The minimum Gasteiger partial charge on any atom is -0.493 e. The summed E-state index contributed by atoms with van der Waals surface area (Å²) in [4.78, 5) is 31.7. The summed E-state index contributed by atoms with van der Waals surface area (Å²) in [5.74, 6) is -3.50. The zero-order valence-electron chi connectivity index (χ0n) is 17.1. The first-order valence-corrected chi connectivity index (χ1v) is 9.11. The van der Waals surface area contributed by atoms with Gasteiger partial charge in [0.2, 0.25) is 0 Å². The number of ketones is 1. The normalized spacial score (nSPS) is 11.0. The van der Waals surface area contributed by atoms with Crippen molar-refractivity contribution in [2.24, 2.45) is 0 Å². The maximum Gasteiger partial charge on any atom is 0.573 e. The molecule has 1 amide bonds. The molecule has 1 N–H and O–H groups in total. The number of amides is 1. The highest BCUT2D eigenvalue weighted by Gasteiger charge is 2.31. The van der Waals surface area contributed by atoms with Crippen LogP contribution in [0.4, 0.5) is 23.2 Å². The van der Waals surface area contributed by atoms with Crippen LogP contribution in [0, 0.1) is 5.82 Å². The molecule has 0 bridgehead atoms. The van der Waals surface area contributed by atoms with Crippen molar-refractivity contribution < 1.29 is 41.4 Å². The number of anilines is 1. The molecule has 0 aliphatic heterocycles. The summed E-state index contributed by atoms with van der Waals surface area (Å²) in [5.41, 5.74) is -0.275. The number of carbonyl (C=O) groups excluding carboxylic acids is 2. The quantitative estimate of drug-likeness (QED) is 0.396. The standard InChI is InChI=1S/C21H15F4N3O5/c1-11(29)15-7-12(5-6-27-15)28-20(30)19-14(22)9-26-10-18(19)32-16-4-3-13(8-17(16)31-2)33-21(23,24)25/h3-10H,1-2H3,(H,27,28,30). The summed E-state index contributed by atoms with van der Waals surface area (Å²) >= 11 is 0. The van der Waals surface area contributed by atoms with Crippen LogP contribution in [0.15, 0.2) is 48.9 Å². The van der Waals surface area contributed by atoms with Gasteiger partial charge in [0, 0.05) is 24.9 Å². The molecule has 0 aliphatic rings. The smallest absolute Gasteiger partial charge is 0.493 e. The van der Waals surface area contributed by atoms with Crippen molar-refractivity contribution in [1.29, 1.82) is 0 Å². The van der Waals surface area contributed by atoms with E-state index in [4.69, 9.17) is 9.47 Å². The molecule has 172 valence electrons. The van der Waals surface area contributed by atoms with Gasteiger partial charge in [0.05, 0.1) is 19.5 Å². The summed E-state index contributed by atoms with van der Waals surface area (Å²) < 4.78 is 66.2. The first-order valence-electron chi connectivity index (χ1n) is 9.11. The topological polar surface area (TPSA) is 99.6 Å². The van der Waals surface area contributed by atoms with Gasteiger partial charge in [-0.2, -0.15) is 0 Å². The molecule has 3 aromatic rings. The Kier molecular flexibility index (Phi) is 6.75. The number of rotatable bonds is 7. The van der Waals surface area contributed by atoms with Gasteiger partial charge in [-0.3, -0.25) is 19.6 Å². The molecule has 0 saturated carbocycles. The summed E-state index contributed by atoms with van der Waals surface area (Å²) in [6.45, 7) is 1.29. The van der Waals surface area contributed by atoms with Gasteiger partial charge >= 0.3 is 6.36 Å². The summed E-state index contributed by atoms with van der Waals surface area (Å²) in [5, 5.41) is 2.43. The van der Waals surface area contributed by atoms with Gasteiger partial charge in [-0.25, -0.2) is 4.39 Å². The van der Waals surface area contributed by atoms with E-state index < -0.39 is 29.4 Å². The Labute approximate surface area is 184 Å². The summed E-state index contributed by atoms with van der Waals surface area (Å²) in [6.07, 6.45) is -1.79. The van der Waals surface area contributed by atoms with Crippen LogP contribution >= 0.6 is 0 Å². The second-order valence-corrected chi connectivity index (χ2v) is 6.40. The van der Waals surface area contributed by atoms with E-state index in [1.54, 1.807) is 0 Å².